The van der Waals surface area contributed by atoms with Crippen molar-refractivity contribution in [3.05, 3.63) is 211 Å². The maximum Gasteiger partial charge on any atom is 0.148 e. The zero-order valence-electron chi connectivity index (χ0n) is 31.8. The van der Waals surface area contributed by atoms with E-state index in [1.807, 2.05) is 0 Å². The van der Waals surface area contributed by atoms with Gasteiger partial charge in [0, 0.05) is 63.6 Å². The number of aromatic nitrogens is 2. The maximum atomic E-state index is 6.88. The minimum absolute atomic E-state index is 0.905. The summed E-state index contributed by atoms with van der Waals surface area (Å²) in [6.07, 6.45) is 6.78. The molecule has 11 aromatic rings. The van der Waals surface area contributed by atoms with Crippen molar-refractivity contribution < 1.29 is 4.42 Å². The topological polar surface area (TPSA) is 23.0 Å². The molecule has 0 aliphatic heterocycles. The molecule has 3 heterocycles. The molecule has 0 unspecified atom stereocenters. The summed E-state index contributed by atoms with van der Waals surface area (Å²) < 4.78 is 11.8. The summed E-state index contributed by atoms with van der Waals surface area (Å²) >= 11 is 0. The summed E-state index contributed by atoms with van der Waals surface area (Å²) in [6.45, 7) is 0. The summed E-state index contributed by atoms with van der Waals surface area (Å²) in [5, 5.41) is 6.10. The van der Waals surface area contributed by atoms with E-state index in [0.29, 0.717) is 0 Å². The van der Waals surface area contributed by atoms with Gasteiger partial charge in [0.1, 0.15) is 11.2 Å². The number of furan rings is 1. The monoisotopic (exact) mass is 762 g/mol. The first kappa shape index (κ1) is 33.2. The lowest BCUT2D eigenvalue weighted by Crippen LogP contribution is -2.06. The van der Waals surface area contributed by atoms with Gasteiger partial charge in [-0.25, -0.2) is 0 Å². The summed E-state index contributed by atoms with van der Waals surface area (Å²) in [5.74, 6) is 0. The molecule has 1 aliphatic rings. The van der Waals surface area contributed by atoms with E-state index in [1.54, 1.807) is 0 Å². The standard InChI is InChI=1S/C54H38N2OS/c1-3-18-39(19-4-1)58(40-20-5-2-6-21-40,53-32-16-27-46-45-26-10-14-31-52(45)57-54(46)53)41-22-15-17-37(35-41)55-50-30-13-9-25-44(50)47-36-38(33-34-51(47)55)56-48-28-11-7-23-42(48)43-24-8-12-29-49(43)56/h1-7,9-23,25-36H,8,24H2. The summed E-state index contributed by atoms with van der Waals surface area (Å²) in [6, 6.07) is 71.3. The molecule has 1 aliphatic carbocycles. The van der Waals surface area contributed by atoms with Crippen molar-refractivity contribution in [3.8, 4) is 11.4 Å². The average Bonchev–Trinajstić information content (AvgIpc) is 3.96. The highest BCUT2D eigenvalue weighted by atomic mass is 32.3. The minimum atomic E-state index is -2.09. The number of rotatable bonds is 6. The second-order valence-corrected chi connectivity index (χ2v) is 18.3. The second-order valence-electron chi connectivity index (χ2n) is 15.2. The lowest BCUT2D eigenvalue weighted by molar-refractivity contribution is 0.659. The molecule has 0 fully saturated rings. The quantitative estimate of drug-likeness (QED) is 0.165. The summed E-state index contributed by atoms with van der Waals surface area (Å²) in [7, 11) is -2.09. The molecule has 276 valence electrons. The fourth-order valence-corrected chi connectivity index (χ4v) is 13.7. The van der Waals surface area contributed by atoms with E-state index < -0.39 is 10.0 Å². The van der Waals surface area contributed by atoms with Crippen molar-refractivity contribution in [2.75, 3.05) is 0 Å². The molecule has 0 atom stereocenters. The van der Waals surface area contributed by atoms with Crippen LogP contribution < -0.4 is 0 Å². The van der Waals surface area contributed by atoms with E-state index in [2.05, 4.69) is 215 Å². The highest BCUT2D eigenvalue weighted by molar-refractivity contribution is 8.34. The van der Waals surface area contributed by atoms with Crippen molar-refractivity contribution in [2.45, 2.75) is 32.4 Å². The molecular formula is C54H38N2OS. The molecular weight excluding hydrogens is 725 g/mol. The third-order valence-corrected chi connectivity index (χ3v) is 16.0. The van der Waals surface area contributed by atoms with Gasteiger partial charge in [-0.1, -0.05) is 115 Å². The third kappa shape index (κ3) is 4.76. The van der Waals surface area contributed by atoms with Gasteiger partial charge in [0.15, 0.2) is 0 Å². The van der Waals surface area contributed by atoms with Crippen molar-refractivity contribution >= 4 is 70.8 Å². The smallest absolute Gasteiger partial charge is 0.148 e. The molecule has 3 nitrogen and oxygen atoms in total. The van der Waals surface area contributed by atoms with Gasteiger partial charge in [0.05, 0.1) is 16.6 Å². The number of benzene rings is 8. The number of nitrogens with zero attached hydrogens (tertiary/aromatic N) is 2. The summed E-state index contributed by atoms with van der Waals surface area (Å²) in [5.41, 5.74) is 10.5. The predicted octanol–water partition coefficient (Wildman–Crippen LogP) is 14.9. The SMILES string of the molecule is C1=Cc2c(c3ccccc3n2-c2ccc3c(c2)c2ccccc2n3-c2cccc(S(c3ccccc3)(c3ccccc3)c3cccc4c3oc3ccccc34)c2)CC1. The van der Waals surface area contributed by atoms with Crippen LogP contribution in [0.3, 0.4) is 0 Å². The van der Waals surface area contributed by atoms with Gasteiger partial charge in [-0.3, -0.25) is 0 Å². The van der Waals surface area contributed by atoms with Crippen LogP contribution in [0.4, 0.5) is 0 Å². The van der Waals surface area contributed by atoms with Gasteiger partial charge in [-0.2, -0.15) is 0 Å². The largest absolute Gasteiger partial charge is 0.455 e. The van der Waals surface area contributed by atoms with Gasteiger partial charge in [-0.05, 0) is 109 Å². The maximum absolute atomic E-state index is 6.88. The van der Waals surface area contributed by atoms with Gasteiger partial charge in [0.2, 0.25) is 0 Å². The molecule has 12 rings (SSSR count). The van der Waals surface area contributed by atoms with Crippen LogP contribution in [-0.2, 0) is 6.42 Å². The van der Waals surface area contributed by atoms with Crippen LogP contribution in [0.5, 0.6) is 0 Å². The number of para-hydroxylation sites is 4. The lowest BCUT2D eigenvalue weighted by Gasteiger charge is -2.42. The van der Waals surface area contributed by atoms with Crippen LogP contribution in [0.15, 0.2) is 224 Å². The number of hydrogen-bond donors (Lipinski definition) is 0. The van der Waals surface area contributed by atoms with E-state index in [1.165, 1.54) is 69.2 Å². The van der Waals surface area contributed by atoms with Gasteiger partial charge in [-0.15, -0.1) is 10.0 Å². The normalized spacial score (nSPS) is 13.2. The van der Waals surface area contributed by atoms with Crippen LogP contribution in [-0.4, -0.2) is 9.13 Å². The van der Waals surface area contributed by atoms with Crippen LogP contribution in [0, 0.1) is 0 Å². The predicted molar refractivity (Wildman–Crippen MR) is 242 cm³/mol. The fraction of sp³-hybridized carbons (Fsp3) is 0.0370. The van der Waals surface area contributed by atoms with Crippen molar-refractivity contribution in [1.29, 1.82) is 0 Å². The Labute approximate surface area is 338 Å². The van der Waals surface area contributed by atoms with E-state index in [4.69, 9.17) is 4.42 Å². The molecule has 0 saturated carbocycles. The number of fused-ring (bicyclic) bond motifs is 9. The van der Waals surface area contributed by atoms with E-state index in [-0.39, 0.29) is 0 Å². The third-order valence-electron chi connectivity index (χ3n) is 12.1. The molecule has 0 N–H and O–H groups in total. The van der Waals surface area contributed by atoms with Gasteiger partial charge in [0.25, 0.3) is 0 Å². The zero-order chi connectivity index (χ0) is 38.2. The number of hydrogen-bond acceptors (Lipinski definition) is 1. The zero-order valence-corrected chi connectivity index (χ0v) is 32.6. The summed E-state index contributed by atoms with van der Waals surface area (Å²) in [4.78, 5) is 4.96. The highest BCUT2D eigenvalue weighted by Gasteiger charge is 2.36. The van der Waals surface area contributed by atoms with Crippen molar-refractivity contribution in [3.63, 3.8) is 0 Å². The molecule has 0 saturated heterocycles. The Hall–Kier alpha value is -7.01. The number of aryl methyl sites for hydroxylation is 1. The first-order valence-corrected chi connectivity index (χ1v) is 21.7. The van der Waals surface area contributed by atoms with Gasteiger partial charge < -0.3 is 13.6 Å². The van der Waals surface area contributed by atoms with Crippen LogP contribution in [0.25, 0.3) is 72.1 Å². The van der Waals surface area contributed by atoms with E-state index in [0.717, 1.165) is 40.5 Å². The molecule has 58 heavy (non-hydrogen) atoms. The number of allylic oxidation sites excluding steroid dienone is 1. The molecule has 0 spiro atoms. The Morgan fingerprint density at radius 3 is 1.83 bits per heavy atom. The van der Waals surface area contributed by atoms with Crippen molar-refractivity contribution in [2.24, 2.45) is 0 Å². The Kier molecular flexibility index (Phi) is 7.44. The molecule has 3 aromatic heterocycles. The lowest BCUT2D eigenvalue weighted by atomic mass is 10.0. The Bertz CT molecular complexity index is 3360. The first-order valence-electron chi connectivity index (χ1n) is 20.1. The Morgan fingerprint density at radius 2 is 1.03 bits per heavy atom. The van der Waals surface area contributed by atoms with E-state index >= 15 is 0 Å². The minimum Gasteiger partial charge on any atom is -0.455 e. The fourth-order valence-electron chi connectivity index (χ4n) is 9.66. The first-order chi connectivity index (χ1) is 28.8. The van der Waals surface area contributed by atoms with E-state index in [9.17, 15) is 0 Å². The Morgan fingerprint density at radius 1 is 0.431 bits per heavy atom. The van der Waals surface area contributed by atoms with Crippen LogP contribution in [0.1, 0.15) is 17.7 Å². The molecule has 4 heteroatoms. The molecule has 0 bridgehead atoms. The van der Waals surface area contributed by atoms with Gasteiger partial charge >= 0.3 is 0 Å². The average molecular weight is 763 g/mol. The van der Waals surface area contributed by atoms with Crippen molar-refractivity contribution in [1.82, 2.24) is 9.13 Å². The van der Waals surface area contributed by atoms with Crippen LogP contribution in [0.2, 0.25) is 0 Å². The molecule has 0 radical (unpaired) electrons. The van der Waals surface area contributed by atoms with Crippen LogP contribution >= 0.6 is 10.0 Å². The molecule has 0 amide bonds. The second kappa shape index (κ2) is 13.0. The molecule has 8 aromatic carbocycles. The Balaban J connectivity index is 1.13. The highest BCUT2D eigenvalue weighted by Crippen LogP contribution is 2.74.